The molecule has 0 aromatic heterocycles. The second-order valence-electron chi connectivity index (χ2n) is 18.8. The summed E-state index contributed by atoms with van der Waals surface area (Å²) in [6.45, 7) is 4.75. The lowest BCUT2D eigenvalue weighted by Gasteiger charge is -2.26. The van der Waals surface area contributed by atoms with Crippen LogP contribution in [0.5, 0.6) is 0 Å². The minimum absolute atomic E-state index is 0.150. The number of carboxylic acid groups (broad SMARTS) is 1. The summed E-state index contributed by atoms with van der Waals surface area (Å²) < 4.78 is 22.6. The topological polar surface area (TPSA) is 111 Å². The van der Waals surface area contributed by atoms with Gasteiger partial charge in [0.15, 0.2) is 12.4 Å². The average molecular weight is 878 g/mol. The number of allylic oxidation sites excluding steroid dienone is 4. The Morgan fingerprint density at radius 1 is 0.484 bits per heavy atom. The zero-order valence-electron chi connectivity index (χ0n) is 41.3. The van der Waals surface area contributed by atoms with Crippen molar-refractivity contribution in [3.63, 3.8) is 0 Å². The SMILES string of the molecule is CCCCCCC/C=C\C/C=C\CCCCCCCCCCCCCCCC(=O)OC(COC(=O)CCCCCCCCCCCCCC)COC(OCC[N+](C)(C)C)C(=O)[O-]. The highest BCUT2D eigenvalue weighted by atomic mass is 16.7. The van der Waals surface area contributed by atoms with Gasteiger partial charge in [-0.3, -0.25) is 9.59 Å². The first-order chi connectivity index (χ1) is 30.1. The standard InChI is InChI=1S/C53H99NO8/c1-6-8-10-12-14-16-18-20-21-22-23-24-25-26-27-28-29-30-31-32-34-36-38-40-42-44-51(56)62-49(48-61-53(52(57)58)59-46-45-54(3,4)5)47-60-50(55)43-41-39-37-35-33-19-17-15-13-11-9-7-2/h18,20,22-23,49,53H,6-17,19,21,24-48H2,1-5H3/b20-18-,23-22-. The Balaban J connectivity index is 4.22. The normalized spacial score (nSPS) is 13.0. The number of hydrogen-bond acceptors (Lipinski definition) is 8. The smallest absolute Gasteiger partial charge is 0.306 e. The van der Waals surface area contributed by atoms with Crippen LogP contribution in [0.25, 0.3) is 0 Å². The quantitative estimate of drug-likeness (QED) is 0.0195. The van der Waals surface area contributed by atoms with Crippen LogP contribution < -0.4 is 5.11 Å². The minimum Gasteiger partial charge on any atom is -0.545 e. The number of likely N-dealkylation sites (N-methyl/N-ethyl adjacent to an activating group) is 1. The van der Waals surface area contributed by atoms with Crippen LogP contribution >= 0.6 is 0 Å². The maximum atomic E-state index is 12.8. The van der Waals surface area contributed by atoms with Crippen LogP contribution in [0.2, 0.25) is 0 Å². The van der Waals surface area contributed by atoms with Gasteiger partial charge in [0, 0.05) is 12.8 Å². The van der Waals surface area contributed by atoms with Crippen molar-refractivity contribution in [2.75, 3.05) is 47.5 Å². The number of hydrogen-bond donors (Lipinski definition) is 0. The fourth-order valence-corrected chi connectivity index (χ4v) is 7.39. The van der Waals surface area contributed by atoms with Crippen molar-refractivity contribution < 1.29 is 42.9 Å². The van der Waals surface area contributed by atoms with Crippen molar-refractivity contribution in [2.24, 2.45) is 0 Å². The molecule has 0 fully saturated rings. The third kappa shape index (κ3) is 45.8. The summed E-state index contributed by atoms with van der Waals surface area (Å²) >= 11 is 0. The number of carbonyl (C=O) groups excluding carboxylic acids is 3. The van der Waals surface area contributed by atoms with E-state index in [1.165, 1.54) is 167 Å². The van der Waals surface area contributed by atoms with Crippen LogP contribution in [0.4, 0.5) is 0 Å². The highest BCUT2D eigenvalue weighted by Gasteiger charge is 2.22. The number of nitrogens with zero attached hydrogens (tertiary/aromatic N) is 1. The van der Waals surface area contributed by atoms with E-state index < -0.39 is 24.3 Å². The van der Waals surface area contributed by atoms with Crippen LogP contribution in [-0.2, 0) is 33.3 Å². The largest absolute Gasteiger partial charge is 0.545 e. The first-order valence-electron chi connectivity index (χ1n) is 26.0. The Bertz CT molecular complexity index is 1070. The van der Waals surface area contributed by atoms with Gasteiger partial charge >= 0.3 is 11.9 Å². The predicted octanol–water partition coefficient (Wildman–Crippen LogP) is 13.1. The van der Waals surface area contributed by atoms with Gasteiger partial charge in [-0.15, -0.1) is 0 Å². The van der Waals surface area contributed by atoms with Gasteiger partial charge in [-0.05, 0) is 44.9 Å². The number of rotatable bonds is 48. The molecular weight excluding hydrogens is 779 g/mol. The summed E-state index contributed by atoms with van der Waals surface area (Å²) in [5.74, 6) is -2.27. The summed E-state index contributed by atoms with van der Waals surface area (Å²) in [5.41, 5.74) is 0. The number of ether oxygens (including phenoxy) is 4. The maximum Gasteiger partial charge on any atom is 0.306 e. The lowest BCUT2D eigenvalue weighted by Crippen LogP contribution is -2.44. The molecule has 0 saturated heterocycles. The lowest BCUT2D eigenvalue weighted by molar-refractivity contribution is -0.870. The number of carboxylic acids is 1. The van der Waals surface area contributed by atoms with E-state index in [2.05, 4.69) is 38.2 Å². The Morgan fingerprint density at radius 2 is 0.871 bits per heavy atom. The average Bonchev–Trinajstić information content (AvgIpc) is 3.23. The molecule has 62 heavy (non-hydrogen) atoms. The van der Waals surface area contributed by atoms with Crippen molar-refractivity contribution >= 4 is 17.9 Å². The fraction of sp³-hybridized carbons (Fsp3) is 0.868. The van der Waals surface area contributed by atoms with Gasteiger partial charge in [-0.1, -0.05) is 205 Å². The van der Waals surface area contributed by atoms with Crippen molar-refractivity contribution in [1.29, 1.82) is 0 Å². The summed E-state index contributed by atoms with van der Waals surface area (Å²) in [4.78, 5) is 37.1. The molecule has 0 heterocycles. The van der Waals surface area contributed by atoms with E-state index in [0.29, 0.717) is 23.9 Å². The van der Waals surface area contributed by atoms with Crippen LogP contribution in [0.3, 0.4) is 0 Å². The number of unbranched alkanes of at least 4 members (excludes halogenated alkanes) is 29. The highest BCUT2D eigenvalue weighted by Crippen LogP contribution is 2.16. The van der Waals surface area contributed by atoms with Gasteiger partial charge in [0.05, 0.1) is 40.3 Å². The summed E-state index contributed by atoms with van der Waals surface area (Å²) in [6.07, 6.45) is 47.9. The summed E-state index contributed by atoms with van der Waals surface area (Å²) in [7, 11) is 5.92. The van der Waals surface area contributed by atoms with E-state index in [0.717, 1.165) is 38.5 Å². The van der Waals surface area contributed by atoms with E-state index in [1.807, 2.05) is 21.1 Å². The molecule has 364 valence electrons. The first-order valence-corrected chi connectivity index (χ1v) is 26.0. The van der Waals surface area contributed by atoms with Crippen molar-refractivity contribution in [3.05, 3.63) is 24.3 Å². The highest BCUT2D eigenvalue weighted by molar-refractivity contribution is 5.70. The Kier molecular flexibility index (Phi) is 43.7. The van der Waals surface area contributed by atoms with Gasteiger partial charge in [0.2, 0.25) is 0 Å². The Morgan fingerprint density at radius 3 is 1.27 bits per heavy atom. The summed E-state index contributed by atoms with van der Waals surface area (Å²) in [6, 6.07) is 0. The maximum absolute atomic E-state index is 12.8. The third-order valence-corrected chi connectivity index (χ3v) is 11.5. The van der Waals surface area contributed by atoms with Gasteiger partial charge < -0.3 is 33.3 Å². The Labute approximate surface area is 382 Å². The molecule has 0 aliphatic carbocycles. The van der Waals surface area contributed by atoms with E-state index in [9.17, 15) is 19.5 Å². The van der Waals surface area contributed by atoms with Crippen molar-refractivity contribution in [3.8, 4) is 0 Å². The molecule has 0 amide bonds. The number of aliphatic carboxylic acids is 1. The van der Waals surface area contributed by atoms with Gasteiger partial charge in [0.1, 0.15) is 13.2 Å². The molecule has 0 bridgehead atoms. The molecule has 9 nitrogen and oxygen atoms in total. The molecule has 0 aromatic carbocycles. The molecule has 0 radical (unpaired) electrons. The van der Waals surface area contributed by atoms with Crippen LogP contribution in [0.1, 0.15) is 239 Å². The second kappa shape index (κ2) is 45.3. The van der Waals surface area contributed by atoms with Gasteiger partial charge in [-0.2, -0.15) is 0 Å². The minimum atomic E-state index is -1.62. The number of carbonyl (C=O) groups is 3. The van der Waals surface area contributed by atoms with Crippen molar-refractivity contribution in [2.45, 2.75) is 251 Å². The molecule has 0 aliphatic heterocycles. The van der Waals surface area contributed by atoms with Gasteiger partial charge in [0.25, 0.3) is 0 Å². The third-order valence-electron chi connectivity index (χ3n) is 11.5. The lowest BCUT2D eigenvalue weighted by atomic mass is 10.0. The van der Waals surface area contributed by atoms with E-state index in [1.54, 1.807) is 0 Å². The molecule has 0 aliphatic rings. The summed E-state index contributed by atoms with van der Waals surface area (Å²) in [5, 5.41) is 11.7. The van der Waals surface area contributed by atoms with Crippen LogP contribution in [-0.4, -0.2) is 82.3 Å². The first kappa shape index (κ1) is 59.8. The molecular formula is C53H99NO8. The Hall–Kier alpha value is -2.23. The zero-order chi connectivity index (χ0) is 45.6. The molecule has 0 spiro atoms. The predicted molar refractivity (Wildman–Crippen MR) is 256 cm³/mol. The van der Waals surface area contributed by atoms with Crippen molar-refractivity contribution in [1.82, 2.24) is 0 Å². The molecule has 0 aromatic rings. The van der Waals surface area contributed by atoms with E-state index >= 15 is 0 Å². The fourth-order valence-electron chi connectivity index (χ4n) is 7.39. The van der Waals surface area contributed by atoms with Crippen LogP contribution in [0, 0.1) is 0 Å². The number of esters is 2. The molecule has 0 N–H and O–H groups in total. The molecule has 2 unspecified atom stereocenters. The molecule has 0 rings (SSSR count). The van der Waals surface area contributed by atoms with E-state index in [4.69, 9.17) is 18.9 Å². The zero-order valence-corrected chi connectivity index (χ0v) is 41.3. The number of quaternary nitrogens is 1. The molecule has 0 saturated carbocycles. The second-order valence-corrected chi connectivity index (χ2v) is 18.8. The molecule has 2 atom stereocenters. The van der Waals surface area contributed by atoms with Crippen LogP contribution in [0.15, 0.2) is 24.3 Å². The van der Waals surface area contributed by atoms with Gasteiger partial charge in [-0.25, -0.2) is 0 Å². The molecule has 9 heteroatoms. The monoisotopic (exact) mass is 878 g/mol. The van der Waals surface area contributed by atoms with E-state index in [-0.39, 0.29) is 32.2 Å².